The Morgan fingerprint density at radius 1 is 1.06 bits per heavy atom. The number of fused-ring (bicyclic) bond motifs is 2. The summed E-state index contributed by atoms with van der Waals surface area (Å²) in [5, 5.41) is 6.21. The Labute approximate surface area is 189 Å². The van der Waals surface area contributed by atoms with Crippen LogP contribution in [0.1, 0.15) is 54.1 Å². The van der Waals surface area contributed by atoms with Gasteiger partial charge >= 0.3 is 0 Å². The summed E-state index contributed by atoms with van der Waals surface area (Å²) in [5.41, 5.74) is 2.89. The van der Waals surface area contributed by atoms with Crippen LogP contribution in [0, 0.1) is 24.7 Å². The minimum atomic E-state index is -0.112. The van der Waals surface area contributed by atoms with Crippen LogP contribution >= 0.6 is 11.8 Å². The molecule has 2 bridgehead atoms. The van der Waals surface area contributed by atoms with Gasteiger partial charge in [-0.15, -0.1) is 11.8 Å². The van der Waals surface area contributed by atoms with Crippen molar-refractivity contribution in [3.05, 3.63) is 65.2 Å². The molecule has 2 N–H and O–H groups in total. The Kier molecular flexibility index (Phi) is 7.01. The van der Waals surface area contributed by atoms with E-state index in [1.54, 1.807) is 0 Å². The van der Waals surface area contributed by atoms with Crippen molar-refractivity contribution in [2.75, 3.05) is 5.75 Å². The predicted octanol–water partition coefficient (Wildman–Crippen LogP) is 4.96. The molecular formula is C26H32N2O2S. The van der Waals surface area contributed by atoms with Gasteiger partial charge in [0, 0.05) is 17.5 Å². The van der Waals surface area contributed by atoms with E-state index in [9.17, 15) is 9.59 Å². The molecule has 0 saturated heterocycles. The molecule has 2 aromatic rings. The molecule has 5 heteroatoms. The Balaban J connectivity index is 1.29. The standard InChI is InChI=1S/C26H32N2O2S/c1-17-7-9-19(10-8-17)15-27-26(30)22-5-3-4-6-24(22)31-16-25(29)28-18(2)23-14-20-11-12-21(23)13-20/h3-10,18,20-21,23H,11-16H2,1-2H3,(H,27,30)(H,28,29)/t18-,20+,21+,23+/m1/s1. The molecule has 4 rings (SSSR count). The first-order valence-corrected chi connectivity index (χ1v) is 12.3. The maximum Gasteiger partial charge on any atom is 0.252 e. The molecular weight excluding hydrogens is 404 g/mol. The number of rotatable bonds is 8. The lowest BCUT2D eigenvalue weighted by Crippen LogP contribution is -2.40. The third kappa shape index (κ3) is 5.51. The second-order valence-electron chi connectivity index (χ2n) is 9.15. The number of hydrogen-bond donors (Lipinski definition) is 2. The van der Waals surface area contributed by atoms with Gasteiger partial charge in [0.2, 0.25) is 5.91 Å². The van der Waals surface area contributed by atoms with Crippen molar-refractivity contribution < 1.29 is 9.59 Å². The fraction of sp³-hybridized carbons (Fsp3) is 0.462. The Morgan fingerprint density at radius 3 is 2.55 bits per heavy atom. The quantitative estimate of drug-likeness (QED) is 0.575. The average molecular weight is 437 g/mol. The lowest BCUT2D eigenvalue weighted by molar-refractivity contribution is -0.119. The fourth-order valence-electron chi connectivity index (χ4n) is 5.22. The first-order valence-electron chi connectivity index (χ1n) is 11.3. The molecule has 2 aromatic carbocycles. The van der Waals surface area contributed by atoms with Gasteiger partial charge in [0.25, 0.3) is 5.91 Å². The molecule has 2 saturated carbocycles. The smallest absolute Gasteiger partial charge is 0.252 e. The highest BCUT2D eigenvalue weighted by Gasteiger charge is 2.42. The van der Waals surface area contributed by atoms with Crippen LogP contribution in [0.4, 0.5) is 0 Å². The van der Waals surface area contributed by atoms with Gasteiger partial charge in [-0.1, -0.05) is 48.4 Å². The first kappa shape index (κ1) is 21.9. The van der Waals surface area contributed by atoms with Crippen molar-refractivity contribution in [3.8, 4) is 0 Å². The topological polar surface area (TPSA) is 58.2 Å². The number of thioether (sulfide) groups is 1. The molecule has 0 aliphatic heterocycles. The molecule has 164 valence electrons. The summed E-state index contributed by atoms with van der Waals surface area (Å²) in [6, 6.07) is 15.9. The van der Waals surface area contributed by atoms with Crippen molar-refractivity contribution in [3.63, 3.8) is 0 Å². The summed E-state index contributed by atoms with van der Waals surface area (Å²) in [4.78, 5) is 26.2. The molecule has 4 nitrogen and oxygen atoms in total. The van der Waals surface area contributed by atoms with Gasteiger partial charge in [-0.3, -0.25) is 9.59 Å². The Morgan fingerprint density at radius 2 is 1.84 bits per heavy atom. The van der Waals surface area contributed by atoms with E-state index in [4.69, 9.17) is 0 Å². The maximum absolute atomic E-state index is 12.8. The van der Waals surface area contributed by atoms with E-state index in [2.05, 4.69) is 17.6 Å². The number of benzene rings is 2. The number of nitrogens with one attached hydrogen (secondary N) is 2. The summed E-state index contributed by atoms with van der Waals surface area (Å²) >= 11 is 1.43. The second-order valence-corrected chi connectivity index (χ2v) is 10.2. The highest BCUT2D eigenvalue weighted by atomic mass is 32.2. The van der Waals surface area contributed by atoms with Crippen LogP contribution < -0.4 is 10.6 Å². The van der Waals surface area contributed by atoms with Gasteiger partial charge in [0.05, 0.1) is 11.3 Å². The van der Waals surface area contributed by atoms with E-state index in [0.29, 0.717) is 23.8 Å². The number of carbonyl (C=O) groups excluding carboxylic acids is 2. The highest BCUT2D eigenvalue weighted by molar-refractivity contribution is 8.00. The lowest BCUT2D eigenvalue weighted by Gasteiger charge is -2.28. The summed E-state index contributed by atoms with van der Waals surface area (Å²) in [5.74, 6) is 2.58. The lowest BCUT2D eigenvalue weighted by atomic mass is 9.84. The van der Waals surface area contributed by atoms with Crippen molar-refractivity contribution in [2.45, 2.75) is 57.0 Å². The van der Waals surface area contributed by atoms with Gasteiger partial charge in [-0.05, 0) is 68.6 Å². The van der Waals surface area contributed by atoms with Gasteiger partial charge in [0.1, 0.15) is 0 Å². The molecule has 31 heavy (non-hydrogen) atoms. The zero-order valence-corrected chi connectivity index (χ0v) is 19.2. The summed E-state index contributed by atoms with van der Waals surface area (Å²) in [6.07, 6.45) is 5.32. The fourth-order valence-corrected chi connectivity index (χ4v) is 6.08. The molecule has 2 aliphatic carbocycles. The van der Waals surface area contributed by atoms with Crippen LogP contribution in [0.3, 0.4) is 0 Å². The van der Waals surface area contributed by atoms with Gasteiger partial charge < -0.3 is 10.6 Å². The maximum atomic E-state index is 12.8. The SMILES string of the molecule is Cc1ccc(CNC(=O)c2ccccc2SCC(=O)N[C@H](C)[C@@H]2C[C@H]3CC[C@H]2C3)cc1. The van der Waals surface area contributed by atoms with Crippen molar-refractivity contribution >= 4 is 23.6 Å². The zero-order chi connectivity index (χ0) is 21.8. The molecule has 0 radical (unpaired) electrons. The largest absolute Gasteiger partial charge is 0.353 e. The van der Waals surface area contributed by atoms with E-state index in [-0.39, 0.29) is 17.9 Å². The van der Waals surface area contributed by atoms with E-state index in [1.807, 2.05) is 55.5 Å². The molecule has 2 aliphatic rings. The van der Waals surface area contributed by atoms with Crippen molar-refractivity contribution in [1.29, 1.82) is 0 Å². The average Bonchev–Trinajstić information content (AvgIpc) is 3.41. The van der Waals surface area contributed by atoms with Crippen LogP contribution in [0.5, 0.6) is 0 Å². The van der Waals surface area contributed by atoms with Crippen molar-refractivity contribution in [2.24, 2.45) is 17.8 Å². The summed E-state index contributed by atoms with van der Waals surface area (Å²) < 4.78 is 0. The Bertz CT molecular complexity index is 927. The highest BCUT2D eigenvalue weighted by Crippen LogP contribution is 2.49. The Hall–Kier alpha value is -2.27. The molecule has 0 aromatic heterocycles. The summed E-state index contributed by atoms with van der Waals surface area (Å²) in [6.45, 7) is 4.69. The molecule has 4 atom stereocenters. The van der Waals surface area contributed by atoms with E-state index >= 15 is 0 Å². The minimum Gasteiger partial charge on any atom is -0.353 e. The molecule has 2 amide bonds. The van der Waals surface area contributed by atoms with Crippen LogP contribution in [0.15, 0.2) is 53.4 Å². The van der Waals surface area contributed by atoms with E-state index < -0.39 is 0 Å². The molecule has 0 spiro atoms. The van der Waals surface area contributed by atoms with Crippen LogP contribution in [0.25, 0.3) is 0 Å². The zero-order valence-electron chi connectivity index (χ0n) is 18.4. The summed E-state index contributed by atoms with van der Waals surface area (Å²) in [7, 11) is 0. The number of carbonyl (C=O) groups is 2. The van der Waals surface area contributed by atoms with Gasteiger partial charge in [-0.25, -0.2) is 0 Å². The van der Waals surface area contributed by atoms with Crippen molar-refractivity contribution in [1.82, 2.24) is 10.6 Å². The second kappa shape index (κ2) is 9.90. The molecule has 2 fully saturated rings. The number of hydrogen-bond acceptors (Lipinski definition) is 3. The number of aryl methyl sites for hydroxylation is 1. The first-order chi connectivity index (χ1) is 15.0. The third-order valence-corrected chi connectivity index (χ3v) is 7.96. The van der Waals surface area contributed by atoms with Gasteiger partial charge in [-0.2, -0.15) is 0 Å². The minimum absolute atomic E-state index is 0.0511. The monoisotopic (exact) mass is 436 g/mol. The third-order valence-electron chi connectivity index (χ3n) is 6.89. The van der Waals surface area contributed by atoms with Crippen LogP contribution in [0.2, 0.25) is 0 Å². The molecule has 0 unspecified atom stereocenters. The van der Waals surface area contributed by atoms with E-state index in [0.717, 1.165) is 22.3 Å². The van der Waals surface area contributed by atoms with Gasteiger partial charge in [0.15, 0.2) is 0 Å². The van der Waals surface area contributed by atoms with E-state index in [1.165, 1.54) is 43.0 Å². The van der Waals surface area contributed by atoms with Crippen LogP contribution in [-0.2, 0) is 11.3 Å². The normalized spacial score (nSPS) is 22.8. The molecule has 0 heterocycles. The van der Waals surface area contributed by atoms with Crippen LogP contribution in [-0.4, -0.2) is 23.6 Å². The number of amides is 2. The predicted molar refractivity (Wildman–Crippen MR) is 126 cm³/mol.